The summed E-state index contributed by atoms with van der Waals surface area (Å²) in [5.74, 6) is 0.787. The van der Waals surface area contributed by atoms with Crippen LogP contribution in [0.1, 0.15) is 5.56 Å². The van der Waals surface area contributed by atoms with Crippen molar-refractivity contribution in [3.05, 3.63) is 18.0 Å². The number of nitrogens with zero attached hydrogens (tertiary/aromatic N) is 2. The third-order valence-corrected chi connectivity index (χ3v) is 2.77. The van der Waals surface area contributed by atoms with Crippen LogP contribution in [-0.4, -0.2) is 30.1 Å². The predicted molar refractivity (Wildman–Crippen MR) is 49.7 cm³/mol. The van der Waals surface area contributed by atoms with Crippen molar-refractivity contribution in [1.82, 2.24) is 9.19 Å². The Bertz CT molecular complexity index is 355. The minimum absolute atomic E-state index is 0.787. The molecule has 0 amide bonds. The quantitative estimate of drug-likeness (QED) is 0.725. The second-order valence-electron chi connectivity index (χ2n) is 2.42. The highest BCUT2D eigenvalue weighted by Gasteiger charge is 2.06. The van der Waals surface area contributed by atoms with E-state index in [1.165, 1.54) is 6.20 Å². The van der Waals surface area contributed by atoms with Crippen LogP contribution in [0.25, 0.3) is 0 Å². The van der Waals surface area contributed by atoms with Crippen molar-refractivity contribution in [3.8, 4) is 0 Å². The zero-order valence-electron chi connectivity index (χ0n) is 6.89. The van der Waals surface area contributed by atoms with Gasteiger partial charge in [0.2, 0.25) is 0 Å². The highest BCUT2D eigenvalue weighted by molar-refractivity contribution is 7.97. The van der Waals surface area contributed by atoms with Crippen LogP contribution in [0.4, 0.5) is 0 Å². The van der Waals surface area contributed by atoms with E-state index in [2.05, 4.69) is 5.10 Å². The Labute approximate surface area is 76.0 Å². The third-order valence-electron chi connectivity index (χ3n) is 1.26. The van der Waals surface area contributed by atoms with Gasteiger partial charge in [-0.05, 0) is 6.26 Å². The molecule has 0 saturated carbocycles. The summed E-state index contributed by atoms with van der Waals surface area (Å²) in [4.78, 5) is 0. The molecule has 1 aromatic rings. The van der Waals surface area contributed by atoms with E-state index >= 15 is 0 Å². The highest BCUT2D eigenvalue weighted by Crippen LogP contribution is 2.07. The summed E-state index contributed by atoms with van der Waals surface area (Å²) in [6.07, 6.45) is 6.18. The minimum Gasteiger partial charge on any atom is -0.205 e. The van der Waals surface area contributed by atoms with Crippen LogP contribution in [0, 0.1) is 0 Å². The van der Waals surface area contributed by atoms with Gasteiger partial charge >= 0.3 is 0 Å². The molecule has 0 N–H and O–H groups in total. The Balaban J connectivity index is 2.92. The number of hydrogen-bond acceptors (Lipinski definition) is 4. The molecular weight excluding hydrogens is 196 g/mol. The predicted octanol–water partition coefficient (Wildman–Crippen LogP) is 0.554. The molecule has 0 aliphatic heterocycles. The Morgan fingerprint density at radius 1 is 1.67 bits per heavy atom. The first-order valence-electron chi connectivity index (χ1n) is 3.27. The zero-order valence-corrected chi connectivity index (χ0v) is 8.52. The first kappa shape index (κ1) is 9.60. The molecule has 68 valence electrons. The van der Waals surface area contributed by atoms with E-state index in [4.69, 9.17) is 0 Å². The van der Waals surface area contributed by atoms with E-state index in [0.29, 0.717) is 0 Å². The first-order chi connectivity index (χ1) is 5.54. The molecule has 1 heterocycles. The highest BCUT2D eigenvalue weighted by atomic mass is 32.2. The Morgan fingerprint density at radius 3 is 2.75 bits per heavy atom. The lowest BCUT2D eigenvalue weighted by atomic mass is 10.4. The van der Waals surface area contributed by atoms with Crippen molar-refractivity contribution in [2.75, 3.05) is 12.5 Å². The molecule has 0 fully saturated rings. The van der Waals surface area contributed by atoms with Crippen molar-refractivity contribution in [2.24, 2.45) is 0 Å². The first-order valence-corrected chi connectivity index (χ1v) is 6.51. The van der Waals surface area contributed by atoms with E-state index in [-0.39, 0.29) is 0 Å². The SMILES string of the molecule is CSCc1cnn(S(C)(=O)=O)c1. The Morgan fingerprint density at radius 2 is 2.33 bits per heavy atom. The van der Waals surface area contributed by atoms with Gasteiger partial charge in [-0.3, -0.25) is 0 Å². The summed E-state index contributed by atoms with van der Waals surface area (Å²) >= 11 is 1.63. The average molecular weight is 206 g/mol. The molecule has 0 atom stereocenters. The van der Waals surface area contributed by atoms with Crippen LogP contribution in [0.5, 0.6) is 0 Å². The molecule has 0 bridgehead atoms. The smallest absolute Gasteiger partial charge is 0.205 e. The summed E-state index contributed by atoms with van der Waals surface area (Å²) in [6.45, 7) is 0. The molecule has 6 heteroatoms. The summed E-state index contributed by atoms with van der Waals surface area (Å²) in [6, 6.07) is 0. The fourth-order valence-electron chi connectivity index (χ4n) is 0.762. The largest absolute Gasteiger partial charge is 0.250 e. The van der Waals surface area contributed by atoms with Gasteiger partial charge < -0.3 is 0 Å². The van der Waals surface area contributed by atoms with E-state index < -0.39 is 10.0 Å². The van der Waals surface area contributed by atoms with Gasteiger partial charge in [-0.25, -0.2) is 8.42 Å². The molecule has 0 spiro atoms. The molecule has 0 radical (unpaired) electrons. The number of aromatic nitrogens is 2. The van der Waals surface area contributed by atoms with E-state index in [0.717, 1.165) is 21.7 Å². The van der Waals surface area contributed by atoms with Crippen LogP contribution in [-0.2, 0) is 15.8 Å². The van der Waals surface area contributed by atoms with Gasteiger partial charge in [0.25, 0.3) is 10.0 Å². The van der Waals surface area contributed by atoms with E-state index in [1.54, 1.807) is 18.0 Å². The summed E-state index contributed by atoms with van der Waals surface area (Å²) in [5, 5.41) is 3.72. The maximum Gasteiger partial charge on any atom is 0.250 e. The van der Waals surface area contributed by atoms with E-state index in [9.17, 15) is 8.42 Å². The second kappa shape index (κ2) is 3.49. The van der Waals surface area contributed by atoms with Crippen molar-refractivity contribution in [3.63, 3.8) is 0 Å². The number of rotatable bonds is 3. The van der Waals surface area contributed by atoms with Crippen LogP contribution >= 0.6 is 11.8 Å². The lowest BCUT2D eigenvalue weighted by Crippen LogP contribution is -2.09. The Hall–Kier alpha value is -0.490. The van der Waals surface area contributed by atoms with Crippen LogP contribution in [0.3, 0.4) is 0 Å². The lowest BCUT2D eigenvalue weighted by molar-refractivity contribution is 0.586. The zero-order chi connectivity index (χ0) is 9.19. The molecule has 0 saturated heterocycles. The Kier molecular flexibility index (Phi) is 2.79. The third kappa shape index (κ3) is 2.25. The van der Waals surface area contributed by atoms with Crippen LogP contribution in [0.2, 0.25) is 0 Å². The van der Waals surface area contributed by atoms with Gasteiger partial charge in [-0.1, -0.05) is 0 Å². The number of thioether (sulfide) groups is 1. The van der Waals surface area contributed by atoms with Gasteiger partial charge in [-0.15, -0.1) is 0 Å². The molecular formula is C6H10N2O2S2. The molecule has 0 unspecified atom stereocenters. The molecule has 12 heavy (non-hydrogen) atoms. The van der Waals surface area contributed by atoms with Gasteiger partial charge in [-0.2, -0.15) is 20.9 Å². The van der Waals surface area contributed by atoms with Crippen molar-refractivity contribution in [2.45, 2.75) is 5.75 Å². The molecule has 0 aliphatic rings. The molecule has 1 aromatic heterocycles. The van der Waals surface area contributed by atoms with Gasteiger partial charge in [0.15, 0.2) is 0 Å². The van der Waals surface area contributed by atoms with Gasteiger partial charge in [0, 0.05) is 17.5 Å². The van der Waals surface area contributed by atoms with Gasteiger partial charge in [0.05, 0.1) is 12.5 Å². The van der Waals surface area contributed by atoms with Crippen LogP contribution in [0.15, 0.2) is 12.4 Å². The molecule has 1 rings (SSSR count). The fourth-order valence-corrected chi connectivity index (χ4v) is 1.79. The fraction of sp³-hybridized carbons (Fsp3) is 0.500. The second-order valence-corrected chi connectivity index (χ2v) is 5.12. The maximum absolute atomic E-state index is 10.9. The summed E-state index contributed by atoms with van der Waals surface area (Å²) in [7, 11) is -3.20. The van der Waals surface area contributed by atoms with Crippen molar-refractivity contribution in [1.29, 1.82) is 0 Å². The summed E-state index contributed by atoms with van der Waals surface area (Å²) in [5.41, 5.74) is 0.924. The molecule has 0 aromatic carbocycles. The molecule has 0 aliphatic carbocycles. The van der Waals surface area contributed by atoms with Gasteiger partial charge in [0.1, 0.15) is 0 Å². The van der Waals surface area contributed by atoms with Crippen molar-refractivity contribution < 1.29 is 8.42 Å². The standard InChI is InChI=1S/C6H10N2O2S2/c1-11-5-6-3-7-8(4-6)12(2,9)10/h3-4H,5H2,1-2H3. The average Bonchev–Trinajstić information content (AvgIpc) is 2.35. The maximum atomic E-state index is 10.9. The van der Waals surface area contributed by atoms with Crippen LogP contribution < -0.4 is 0 Å². The monoisotopic (exact) mass is 206 g/mol. The normalized spacial score (nSPS) is 11.8. The lowest BCUT2D eigenvalue weighted by Gasteiger charge is -1.93. The van der Waals surface area contributed by atoms with E-state index in [1.807, 2.05) is 6.26 Å². The minimum atomic E-state index is -3.20. The summed E-state index contributed by atoms with van der Waals surface area (Å²) < 4.78 is 22.9. The van der Waals surface area contributed by atoms with Crippen molar-refractivity contribution >= 4 is 21.8 Å². The molecule has 4 nitrogen and oxygen atoms in total. The topological polar surface area (TPSA) is 52.0 Å². The number of hydrogen-bond donors (Lipinski definition) is 0.